The highest BCUT2D eigenvalue weighted by Crippen LogP contribution is 2.21. The summed E-state index contributed by atoms with van der Waals surface area (Å²) in [4.78, 5) is 0. The third-order valence-electron chi connectivity index (χ3n) is 3.30. The van der Waals surface area contributed by atoms with Crippen LogP contribution < -0.4 is 5.73 Å². The van der Waals surface area contributed by atoms with Crippen LogP contribution in [-0.4, -0.2) is 5.54 Å². The van der Waals surface area contributed by atoms with Gasteiger partial charge in [-0.15, -0.1) is 0 Å². The zero-order chi connectivity index (χ0) is 10.5. The number of nitrogens with two attached hydrogens (primary N) is 1. The maximum atomic E-state index is 6.03. The molecule has 0 amide bonds. The van der Waals surface area contributed by atoms with E-state index in [9.17, 15) is 0 Å². The van der Waals surface area contributed by atoms with Crippen LogP contribution in [0.3, 0.4) is 0 Å². The van der Waals surface area contributed by atoms with Gasteiger partial charge in [0, 0.05) is 5.54 Å². The van der Waals surface area contributed by atoms with Crippen LogP contribution in [0.4, 0.5) is 0 Å². The Kier molecular flexibility index (Phi) is 5.62. The monoisotopic (exact) mass is 185 g/mol. The summed E-state index contributed by atoms with van der Waals surface area (Å²) in [5.41, 5.74) is 6.02. The standard InChI is InChI=1S/C12H27N/c1-6-10(2)8-7-9-11(3)12(4,5)13/h10-11H,6-9,13H2,1-5H3. The first-order valence-corrected chi connectivity index (χ1v) is 5.66. The molecule has 0 saturated heterocycles. The average Bonchev–Trinajstić information content (AvgIpc) is 2.02. The Balaban J connectivity index is 3.54. The highest BCUT2D eigenvalue weighted by atomic mass is 14.7. The van der Waals surface area contributed by atoms with Crippen molar-refractivity contribution in [2.75, 3.05) is 0 Å². The van der Waals surface area contributed by atoms with E-state index >= 15 is 0 Å². The van der Waals surface area contributed by atoms with Crippen LogP contribution in [0.25, 0.3) is 0 Å². The van der Waals surface area contributed by atoms with E-state index < -0.39 is 0 Å². The lowest BCUT2D eigenvalue weighted by Gasteiger charge is -2.27. The summed E-state index contributed by atoms with van der Waals surface area (Å²) in [7, 11) is 0. The van der Waals surface area contributed by atoms with Crippen LogP contribution in [0.5, 0.6) is 0 Å². The molecule has 0 aliphatic heterocycles. The van der Waals surface area contributed by atoms with E-state index in [4.69, 9.17) is 5.73 Å². The quantitative estimate of drug-likeness (QED) is 0.672. The molecule has 0 aliphatic carbocycles. The van der Waals surface area contributed by atoms with Crippen molar-refractivity contribution in [2.24, 2.45) is 17.6 Å². The molecule has 2 N–H and O–H groups in total. The lowest BCUT2D eigenvalue weighted by atomic mass is 9.85. The zero-order valence-corrected chi connectivity index (χ0v) is 10.1. The molecular weight excluding hydrogens is 158 g/mol. The van der Waals surface area contributed by atoms with E-state index in [0.717, 1.165) is 5.92 Å². The average molecular weight is 185 g/mol. The summed E-state index contributed by atoms with van der Waals surface area (Å²) >= 11 is 0. The maximum absolute atomic E-state index is 6.03. The molecule has 0 bridgehead atoms. The van der Waals surface area contributed by atoms with Gasteiger partial charge < -0.3 is 5.73 Å². The minimum absolute atomic E-state index is 0.00451. The summed E-state index contributed by atoms with van der Waals surface area (Å²) < 4.78 is 0. The molecule has 1 nitrogen and oxygen atoms in total. The van der Waals surface area contributed by atoms with Gasteiger partial charge in [0.2, 0.25) is 0 Å². The molecule has 0 aromatic rings. The molecule has 80 valence electrons. The normalized spacial score (nSPS) is 17.1. The Hall–Kier alpha value is -0.0400. The topological polar surface area (TPSA) is 26.0 Å². The van der Waals surface area contributed by atoms with Crippen LogP contribution in [0.1, 0.15) is 60.3 Å². The first kappa shape index (κ1) is 13.0. The van der Waals surface area contributed by atoms with Gasteiger partial charge in [0.05, 0.1) is 0 Å². The van der Waals surface area contributed by atoms with Crippen LogP contribution in [0, 0.1) is 11.8 Å². The number of hydrogen-bond donors (Lipinski definition) is 1. The largest absolute Gasteiger partial charge is 0.325 e. The second kappa shape index (κ2) is 5.64. The highest BCUT2D eigenvalue weighted by molar-refractivity contribution is 4.78. The first-order chi connectivity index (χ1) is 5.88. The van der Waals surface area contributed by atoms with E-state index in [1.165, 1.54) is 25.7 Å². The molecule has 0 heterocycles. The third kappa shape index (κ3) is 6.09. The molecule has 1 heteroatoms. The lowest BCUT2D eigenvalue weighted by molar-refractivity contribution is 0.309. The molecule has 0 rings (SSSR count). The minimum Gasteiger partial charge on any atom is -0.325 e. The van der Waals surface area contributed by atoms with Gasteiger partial charge in [-0.2, -0.15) is 0 Å². The summed E-state index contributed by atoms with van der Waals surface area (Å²) in [6.07, 6.45) is 5.27. The summed E-state index contributed by atoms with van der Waals surface area (Å²) in [5.74, 6) is 1.52. The molecule has 0 radical (unpaired) electrons. The third-order valence-corrected chi connectivity index (χ3v) is 3.30. The van der Waals surface area contributed by atoms with E-state index in [1.54, 1.807) is 0 Å². The van der Waals surface area contributed by atoms with Crippen molar-refractivity contribution in [3.8, 4) is 0 Å². The van der Waals surface area contributed by atoms with Crippen molar-refractivity contribution in [3.05, 3.63) is 0 Å². The number of hydrogen-bond acceptors (Lipinski definition) is 1. The van der Waals surface area contributed by atoms with Gasteiger partial charge in [-0.1, -0.05) is 40.0 Å². The van der Waals surface area contributed by atoms with Crippen LogP contribution >= 0.6 is 0 Å². The Morgan fingerprint density at radius 1 is 1.15 bits per heavy atom. The van der Waals surface area contributed by atoms with Gasteiger partial charge in [0.25, 0.3) is 0 Å². The molecule has 0 aromatic carbocycles. The van der Waals surface area contributed by atoms with E-state index in [2.05, 4.69) is 34.6 Å². The highest BCUT2D eigenvalue weighted by Gasteiger charge is 2.19. The fraction of sp³-hybridized carbons (Fsp3) is 1.00. The summed E-state index contributed by atoms with van der Waals surface area (Å²) in [5, 5.41) is 0. The fourth-order valence-corrected chi connectivity index (χ4v) is 1.35. The predicted molar refractivity (Wildman–Crippen MR) is 60.7 cm³/mol. The molecule has 0 spiro atoms. The van der Waals surface area contributed by atoms with Crippen molar-refractivity contribution in [3.63, 3.8) is 0 Å². The van der Waals surface area contributed by atoms with Crippen molar-refractivity contribution in [1.82, 2.24) is 0 Å². The van der Waals surface area contributed by atoms with Gasteiger partial charge >= 0.3 is 0 Å². The summed E-state index contributed by atoms with van der Waals surface area (Å²) in [6, 6.07) is 0. The van der Waals surface area contributed by atoms with E-state index in [0.29, 0.717) is 5.92 Å². The molecule has 2 unspecified atom stereocenters. The molecule has 0 aromatic heterocycles. The Morgan fingerprint density at radius 2 is 1.69 bits per heavy atom. The Bertz CT molecular complexity index is 124. The van der Waals surface area contributed by atoms with Crippen LogP contribution in [-0.2, 0) is 0 Å². The van der Waals surface area contributed by atoms with Crippen molar-refractivity contribution >= 4 is 0 Å². The number of rotatable bonds is 6. The van der Waals surface area contributed by atoms with Crippen molar-refractivity contribution in [2.45, 2.75) is 65.8 Å². The van der Waals surface area contributed by atoms with Crippen LogP contribution in [0.15, 0.2) is 0 Å². The molecule has 0 aliphatic rings. The molecule has 0 fully saturated rings. The van der Waals surface area contributed by atoms with Gasteiger partial charge in [-0.05, 0) is 32.1 Å². The SMILES string of the molecule is CCC(C)CCCC(C)C(C)(C)N. The molecule has 0 saturated carbocycles. The second-order valence-corrected chi connectivity index (χ2v) is 5.17. The first-order valence-electron chi connectivity index (χ1n) is 5.66. The second-order valence-electron chi connectivity index (χ2n) is 5.17. The van der Waals surface area contributed by atoms with Crippen molar-refractivity contribution < 1.29 is 0 Å². The van der Waals surface area contributed by atoms with Gasteiger partial charge in [0.15, 0.2) is 0 Å². The Labute approximate surface area is 84.1 Å². The van der Waals surface area contributed by atoms with E-state index in [-0.39, 0.29) is 5.54 Å². The maximum Gasteiger partial charge on any atom is 0.0123 e. The smallest absolute Gasteiger partial charge is 0.0123 e. The van der Waals surface area contributed by atoms with Crippen LogP contribution in [0.2, 0.25) is 0 Å². The van der Waals surface area contributed by atoms with Gasteiger partial charge in [-0.25, -0.2) is 0 Å². The van der Waals surface area contributed by atoms with Gasteiger partial charge in [0.1, 0.15) is 0 Å². The van der Waals surface area contributed by atoms with Gasteiger partial charge in [-0.3, -0.25) is 0 Å². The molecule has 13 heavy (non-hydrogen) atoms. The predicted octanol–water partition coefficient (Wildman–Crippen LogP) is 3.58. The zero-order valence-electron chi connectivity index (χ0n) is 10.1. The fourth-order valence-electron chi connectivity index (χ4n) is 1.35. The lowest BCUT2D eigenvalue weighted by Crippen LogP contribution is -2.39. The minimum atomic E-state index is -0.00451. The molecular formula is C12H27N. The molecule has 2 atom stereocenters. The summed E-state index contributed by atoms with van der Waals surface area (Å²) in [6.45, 7) is 11.1. The Morgan fingerprint density at radius 3 is 2.08 bits per heavy atom. The van der Waals surface area contributed by atoms with Crippen molar-refractivity contribution in [1.29, 1.82) is 0 Å². The van der Waals surface area contributed by atoms with E-state index in [1.807, 2.05) is 0 Å².